The van der Waals surface area contributed by atoms with Crippen molar-refractivity contribution >= 4 is 11.8 Å². The number of rotatable bonds is 8. The zero-order valence-electron chi connectivity index (χ0n) is 10.1. The zero-order chi connectivity index (χ0) is 11.0. The molecule has 0 aromatic rings. The first-order chi connectivity index (χ1) is 6.61. The van der Waals surface area contributed by atoms with Gasteiger partial charge in [0.05, 0.1) is 0 Å². The van der Waals surface area contributed by atoms with Gasteiger partial charge in [-0.25, -0.2) is 0 Å². The highest BCUT2D eigenvalue weighted by Gasteiger charge is 2.09. The Labute approximate surface area is 93.6 Å². The van der Waals surface area contributed by atoms with E-state index in [4.69, 9.17) is 5.73 Å². The third-order valence-electron chi connectivity index (χ3n) is 2.87. The molecule has 3 heteroatoms. The van der Waals surface area contributed by atoms with Gasteiger partial charge in [-0.3, -0.25) is 0 Å². The summed E-state index contributed by atoms with van der Waals surface area (Å²) in [6.45, 7) is 5.58. The molecule has 0 radical (unpaired) electrons. The maximum atomic E-state index is 5.89. The minimum absolute atomic E-state index is 0.380. The molecular weight excluding hydrogens is 192 g/mol. The molecular formula is C11H26N2S. The van der Waals surface area contributed by atoms with Crippen molar-refractivity contribution in [3.8, 4) is 0 Å². The van der Waals surface area contributed by atoms with Crippen molar-refractivity contribution < 1.29 is 0 Å². The van der Waals surface area contributed by atoms with Gasteiger partial charge in [-0.15, -0.1) is 0 Å². The number of nitrogens with two attached hydrogens (primary N) is 1. The van der Waals surface area contributed by atoms with Gasteiger partial charge in [-0.05, 0) is 51.8 Å². The van der Waals surface area contributed by atoms with Gasteiger partial charge >= 0.3 is 0 Å². The maximum Gasteiger partial charge on any atom is 0.00717 e. The van der Waals surface area contributed by atoms with Crippen LogP contribution in [0.2, 0.25) is 0 Å². The lowest BCUT2D eigenvalue weighted by Crippen LogP contribution is -2.33. The Morgan fingerprint density at radius 2 is 2.00 bits per heavy atom. The molecule has 0 aromatic heterocycles. The molecule has 0 rings (SSSR count). The van der Waals surface area contributed by atoms with Crippen LogP contribution >= 0.6 is 11.8 Å². The molecule has 0 spiro atoms. The molecule has 0 aliphatic rings. The molecule has 2 nitrogen and oxygen atoms in total. The molecule has 0 fully saturated rings. The van der Waals surface area contributed by atoms with Gasteiger partial charge in [-0.2, -0.15) is 11.8 Å². The maximum absolute atomic E-state index is 5.89. The molecule has 0 aromatic carbocycles. The minimum atomic E-state index is 0.380. The van der Waals surface area contributed by atoms with E-state index in [9.17, 15) is 0 Å². The molecule has 0 saturated heterocycles. The molecule has 14 heavy (non-hydrogen) atoms. The van der Waals surface area contributed by atoms with E-state index >= 15 is 0 Å². The second-order valence-corrected chi connectivity index (χ2v) is 5.05. The van der Waals surface area contributed by atoms with Crippen LogP contribution in [0.4, 0.5) is 0 Å². The highest BCUT2D eigenvalue weighted by Crippen LogP contribution is 2.07. The summed E-state index contributed by atoms with van der Waals surface area (Å²) in [4.78, 5) is 2.42. The Morgan fingerprint density at radius 3 is 2.50 bits per heavy atom. The van der Waals surface area contributed by atoms with Gasteiger partial charge in [0, 0.05) is 12.1 Å². The summed E-state index contributed by atoms with van der Waals surface area (Å²) in [5.74, 6) is 1.26. The Kier molecular flexibility index (Phi) is 8.73. The molecule has 0 saturated carbocycles. The Balaban J connectivity index is 3.55. The predicted molar refractivity (Wildman–Crippen MR) is 68.0 cm³/mol. The number of thioether (sulfide) groups is 1. The number of nitrogens with zero attached hydrogens (tertiary/aromatic N) is 1. The lowest BCUT2D eigenvalue weighted by atomic mass is 10.1. The van der Waals surface area contributed by atoms with Crippen molar-refractivity contribution in [2.75, 3.05) is 25.6 Å². The predicted octanol–water partition coefficient (Wildman–Crippen LogP) is 2.19. The van der Waals surface area contributed by atoms with Crippen LogP contribution in [-0.4, -0.2) is 42.6 Å². The minimum Gasteiger partial charge on any atom is -0.328 e. The van der Waals surface area contributed by atoms with Gasteiger partial charge in [0.25, 0.3) is 0 Å². The topological polar surface area (TPSA) is 29.3 Å². The molecule has 2 atom stereocenters. The van der Waals surface area contributed by atoms with Crippen molar-refractivity contribution in [2.24, 2.45) is 5.73 Å². The molecule has 0 bridgehead atoms. The number of hydrogen-bond donors (Lipinski definition) is 1. The molecule has 0 aliphatic carbocycles. The van der Waals surface area contributed by atoms with Crippen molar-refractivity contribution in [2.45, 2.75) is 45.2 Å². The first-order valence-corrected chi connectivity index (χ1v) is 6.95. The number of hydrogen-bond acceptors (Lipinski definition) is 3. The average molecular weight is 218 g/mol. The quantitative estimate of drug-likeness (QED) is 0.677. The van der Waals surface area contributed by atoms with Crippen LogP contribution in [0, 0.1) is 0 Å². The third-order valence-corrected chi connectivity index (χ3v) is 3.51. The van der Waals surface area contributed by atoms with Crippen molar-refractivity contribution in [3.63, 3.8) is 0 Å². The second kappa shape index (κ2) is 8.57. The van der Waals surface area contributed by atoms with Gasteiger partial charge in [0.2, 0.25) is 0 Å². The highest BCUT2D eigenvalue weighted by atomic mass is 32.2. The second-order valence-electron chi connectivity index (χ2n) is 4.07. The monoisotopic (exact) mass is 218 g/mol. The lowest BCUT2D eigenvalue weighted by molar-refractivity contribution is 0.243. The first kappa shape index (κ1) is 14.3. The van der Waals surface area contributed by atoms with Crippen LogP contribution in [0.25, 0.3) is 0 Å². The van der Waals surface area contributed by atoms with Gasteiger partial charge in [0.1, 0.15) is 0 Å². The molecule has 0 heterocycles. The standard InChI is InChI=1S/C11H26N2S/c1-5-11(12)6-8-13(3)10(2)7-9-14-4/h10-11H,5-9,12H2,1-4H3. The SMILES string of the molecule is CCC(N)CCN(C)C(C)CCSC. The Hall–Kier alpha value is 0.270. The van der Waals surface area contributed by atoms with E-state index in [2.05, 4.69) is 32.1 Å². The van der Waals surface area contributed by atoms with Crippen LogP contribution in [0.3, 0.4) is 0 Å². The van der Waals surface area contributed by atoms with Crippen LogP contribution in [-0.2, 0) is 0 Å². The molecule has 86 valence electrons. The van der Waals surface area contributed by atoms with Crippen LogP contribution in [0.5, 0.6) is 0 Å². The smallest absolute Gasteiger partial charge is 0.00717 e. The largest absolute Gasteiger partial charge is 0.328 e. The Bertz CT molecular complexity index is 130. The summed E-state index contributed by atoms with van der Waals surface area (Å²) in [7, 11) is 2.20. The van der Waals surface area contributed by atoms with E-state index in [1.807, 2.05) is 11.8 Å². The van der Waals surface area contributed by atoms with E-state index in [0.29, 0.717) is 12.1 Å². The molecule has 2 unspecified atom stereocenters. The normalized spacial score (nSPS) is 15.9. The fourth-order valence-corrected chi connectivity index (χ4v) is 1.88. The van der Waals surface area contributed by atoms with Gasteiger partial charge < -0.3 is 10.6 Å². The fourth-order valence-electron chi connectivity index (χ4n) is 1.30. The van der Waals surface area contributed by atoms with E-state index in [-0.39, 0.29) is 0 Å². The van der Waals surface area contributed by atoms with Crippen molar-refractivity contribution in [1.82, 2.24) is 4.90 Å². The van der Waals surface area contributed by atoms with Crippen molar-refractivity contribution in [3.05, 3.63) is 0 Å². The zero-order valence-corrected chi connectivity index (χ0v) is 10.9. The van der Waals surface area contributed by atoms with E-state index in [0.717, 1.165) is 19.4 Å². The molecule has 2 N–H and O–H groups in total. The van der Waals surface area contributed by atoms with Crippen LogP contribution in [0.1, 0.15) is 33.1 Å². The summed E-state index contributed by atoms with van der Waals surface area (Å²) in [6, 6.07) is 1.07. The van der Waals surface area contributed by atoms with E-state index in [1.165, 1.54) is 12.2 Å². The molecule has 0 amide bonds. The van der Waals surface area contributed by atoms with E-state index in [1.54, 1.807) is 0 Å². The average Bonchev–Trinajstić information content (AvgIpc) is 2.21. The summed E-state index contributed by atoms with van der Waals surface area (Å²) in [5.41, 5.74) is 5.89. The third kappa shape index (κ3) is 6.68. The molecule has 0 aliphatic heterocycles. The van der Waals surface area contributed by atoms with E-state index < -0.39 is 0 Å². The van der Waals surface area contributed by atoms with Gasteiger partial charge in [-0.1, -0.05) is 6.92 Å². The summed E-state index contributed by atoms with van der Waals surface area (Å²) in [6.07, 6.45) is 5.66. The summed E-state index contributed by atoms with van der Waals surface area (Å²) >= 11 is 1.92. The fraction of sp³-hybridized carbons (Fsp3) is 1.00. The Morgan fingerprint density at radius 1 is 1.36 bits per heavy atom. The van der Waals surface area contributed by atoms with Crippen molar-refractivity contribution in [1.29, 1.82) is 0 Å². The van der Waals surface area contributed by atoms with Gasteiger partial charge in [0.15, 0.2) is 0 Å². The first-order valence-electron chi connectivity index (χ1n) is 5.56. The summed E-state index contributed by atoms with van der Waals surface area (Å²) < 4.78 is 0. The summed E-state index contributed by atoms with van der Waals surface area (Å²) in [5, 5.41) is 0. The lowest BCUT2D eigenvalue weighted by Gasteiger charge is -2.25. The highest BCUT2D eigenvalue weighted by molar-refractivity contribution is 7.98. The van der Waals surface area contributed by atoms with Crippen LogP contribution in [0.15, 0.2) is 0 Å². The van der Waals surface area contributed by atoms with Crippen LogP contribution < -0.4 is 5.73 Å².